The quantitative estimate of drug-likeness (QED) is 0.665. The van der Waals surface area contributed by atoms with E-state index in [0.29, 0.717) is 17.0 Å². The number of ether oxygens (including phenoxy) is 1. The van der Waals surface area contributed by atoms with E-state index in [0.717, 1.165) is 11.1 Å². The third kappa shape index (κ3) is 4.11. The Labute approximate surface area is 159 Å². The molecule has 0 spiro atoms. The fourth-order valence-corrected chi connectivity index (χ4v) is 3.21. The molecule has 28 heavy (non-hydrogen) atoms. The van der Waals surface area contributed by atoms with Gasteiger partial charge in [-0.25, -0.2) is 4.98 Å². The van der Waals surface area contributed by atoms with Crippen molar-refractivity contribution in [2.75, 3.05) is 0 Å². The zero-order valence-electron chi connectivity index (χ0n) is 15.5. The molecule has 5 nitrogen and oxygen atoms in total. The maximum absolute atomic E-state index is 12.6. The molecule has 1 aromatic carbocycles. The molecular formula is C20H19F3N2O3. The number of pyridine rings is 1. The van der Waals surface area contributed by atoms with Gasteiger partial charge in [-0.3, -0.25) is 9.36 Å². The highest BCUT2D eigenvalue weighted by Crippen LogP contribution is 2.31. The summed E-state index contributed by atoms with van der Waals surface area (Å²) in [5.41, 5.74) is 1.17. The molecule has 0 radical (unpaired) electrons. The lowest BCUT2D eigenvalue weighted by atomic mass is 9.85. The summed E-state index contributed by atoms with van der Waals surface area (Å²) in [6, 6.07) is 11.2. The van der Waals surface area contributed by atoms with Crippen LogP contribution in [0.4, 0.5) is 13.2 Å². The van der Waals surface area contributed by atoms with Crippen LogP contribution in [0, 0.1) is 6.92 Å². The first-order valence-corrected chi connectivity index (χ1v) is 8.54. The number of rotatable bonds is 5. The van der Waals surface area contributed by atoms with Crippen LogP contribution in [0.2, 0.25) is 0 Å². The minimum Gasteiger partial charge on any atom is -0.481 e. The maximum Gasteiger partial charge on any atom is 0.573 e. The van der Waals surface area contributed by atoms with Crippen LogP contribution in [0.15, 0.2) is 42.5 Å². The summed E-state index contributed by atoms with van der Waals surface area (Å²) in [7, 11) is 0. The van der Waals surface area contributed by atoms with Crippen molar-refractivity contribution in [2.45, 2.75) is 39.0 Å². The van der Waals surface area contributed by atoms with Gasteiger partial charge in [0.1, 0.15) is 11.6 Å². The van der Waals surface area contributed by atoms with Crippen molar-refractivity contribution in [1.29, 1.82) is 0 Å². The van der Waals surface area contributed by atoms with Gasteiger partial charge in [0.25, 0.3) is 0 Å². The van der Waals surface area contributed by atoms with E-state index >= 15 is 0 Å². The number of nitrogens with zero attached hydrogens (tertiary/aromatic N) is 2. The summed E-state index contributed by atoms with van der Waals surface area (Å²) in [4.78, 5) is 15.7. The van der Waals surface area contributed by atoms with E-state index in [1.807, 2.05) is 13.0 Å². The molecule has 0 aliphatic rings. The molecule has 0 unspecified atom stereocenters. The van der Waals surface area contributed by atoms with Crippen molar-refractivity contribution in [3.63, 3.8) is 0 Å². The van der Waals surface area contributed by atoms with Crippen molar-refractivity contribution in [3.05, 3.63) is 53.9 Å². The molecule has 0 amide bonds. The van der Waals surface area contributed by atoms with Crippen LogP contribution < -0.4 is 4.74 Å². The third-order valence-electron chi connectivity index (χ3n) is 4.44. The molecule has 0 saturated carbocycles. The molecule has 8 heteroatoms. The van der Waals surface area contributed by atoms with Gasteiger partial charge in [-0.2, -0.15) is 0 Å². The van der Waals surface area contributed by atoms with Crippen LogP contribution in [0.5, 0.6) is 5.75 Å². The van der Waals surface area contributed by atoms with Gasteiger partial charge >= 0.3 is 12.3 Å². The number of hydrogen-bond acceptors (Lipinski definition) is 3. The summed E-state index contributed by atoms with van der Waals surface area (Å²) in [6.07, 6.45) is -4.88. The van der Waals surface area contributed by atoms with Crippen LogP contribution in [0.25, 0.3) is 16.7 Å². The second-order valence-corrected chi connectivity index (χ2v) is 7.22. The molecule has 1 N–H and O–H groups in total. The summed E-state index contributed by atoms with van der Waals surface area (Å²) >= 11 is 0. The van der Waals surface area contributed by atoms with Crippen molar-refractivity contribution < 1.29 is 27.8 Å². The number of carbonyl (C=O) groups is 1. The normalized spacial score (nSPS) is 12.4. The van der Waals surface area contributed by atoms with Crippen LogP contribution in [-0.2, 0) is 10.2 Å². The van der Waals surface area contributed by atoms with E-state index in [2.05, 4.69) is 9.72 Å². The van der Waals surface area contributed by atoms with Gasteiger partial charge in [-0.1, -0.05) is 19.9 Å². The lowest BCUT2D eigenvalue weighted by molar-refractivity contribution is -0.274. The van der Waals surface area contributed by atoms with E-state index in [4.69, 9.17) is 5.11 Å². The standard InChI is InChI=1S/C20H19F3N2O3/c1-12-9-13-7-8-14(28-20(21,22)23)10-15(13)25(12)17-6-4-5-16(24-17)19(2,3)11-18(26)27/h4-10H,11H2,1-3H3,(H,26,27). The molecule has 0 fully saturated rings. The van der Waals surface area contributed by atoms with Gasteiger partial charge in [0.15, 0.2) is 0 Å². The Morgan fingerprint density at radius 3 is 2.54 bits per heavy atom. The van der Waals surface area contributed by atoms with Crippen LogP contribution >= 0.6 is 0 Å². The topological polar surface area (TPSA) is 64.3 Å². The van der Waals surface area contributed by atoms with E-state index in [-0.39, 0.29) is 12.2 Å². The molecule has 3 aromatic rings. The molecule has 148 valence electrons. The minimum atomic E-state index is -4.78. The largest absolute Gasteiger partial charge is 0.573 e. The molecule has 0 bridgehead atoms. The van der Waals surface area contributed by atoms with Crippen molar-refractivity contribution >= 4 is 16.9 Å². The first-order chi connectivity index (χ1) is 13.0. The van der Waals surface area contributed by atoms with Crippen LogP contribution in [-0.4, -0.2) is 27.0 Å². The summed E-state index contributed by atoms with van der Waals surface area (Å²) in [5.74, 6) is -0.761. The van der Waals surface area contributed by atoms with Gasteiger partial charge < -0.3 is 9.84 Å². The Morgan fingerprint density at radius 1 is 1.18 bits per heavy atom. The fraction of sp³-hybridized carbons (Fsp3) is 0.300. The number of halogens is 3. The number of aliphatic carboxylic acids is 1. The van der Waals surface area contributed by atoms with Crippen LogP contribution in [0.1, 0.15) is 31.7 Å². The Hall–Kier alpha value is -3.03. The highest BCUT2D eigenvalue weighted by atomic mass is 19.4. The molecular weight excluding hydrogens is 373 g/mol. The average Bonchev–Trinajstić information content (AvgIpc) is 2.87. The molecule has 0 saturated heterocycles. The molecule has 2 heterocycles. The second-order valence-electron chi connectivity index (χ2n) is 7.22. The highest BCUT2D eigenvalue weighted by Gasteiger charge is 2.31. The van der Waals surface area contributed by atoms with Gasteiger partial charge in [-0.05, 0) is 37.3 Å². The first kappa shape index (κ1) is 19.7. The van der Waals surface area contributed by atoms with Gasteiger partial charge in [-0.15, -0.1) is 13.2 Å². The predicted octanol–water partition coefficient (Wildman–Crippen LogP) is 4.98. The second kappa shape index (κ2) is 6.85. The Bertz CT molecular complexity index is 1040. The van der Waals surface area contributed by atoms with Crippen molar-refractivity contribution in [2.24, 2.45) is 0 Å². The Morgan fingerprint density at radius 2 is 1.89 bits per heavy atom. The summed E-state index contributed by atoms with van der Waals surface area (Å²) in [5, 5.41) is 9.87. The Balaban J connectivity index is 2.10. The lowest BCUT2D eigenvalue weighted by Crippen LogP contribution is -2.23. The summed E-state index contributed by atoms with van der Waals surface area (Å²) < 4.78 is 43.5. The Kier molecular flexibility index (Phi) is 4.82. The molecule has 3 rings (SSSR count). The first-order valence-electron chi connectivity index (χ1n) is 8.54. The third-order valence-corrected chi connectivity index (χ3v) is 4.44. The number of aromatic nitrogens is 2. The molecule has 2 aromatic heterocycles. The monoisotopic (exact) mass is 392 g/mol. The molecule has 0 aliphatic heterocycles. The van der Waals surface area contributed by atoms with Gasteiger partial charge in [0, 0.05) is 28.3 Å². The van der Waals surface area contributed by atoms with Crippen molar-refractivity contribution in [1.82, 2.24) is 9.55 Å². The van der Waals surface area contributed by atoms with Gasteiger partial charge in [0.2, 0.25) is 0 Å². The number of alkyl halides is 3. The zero-order valence-corrected chi connectivity index (χ0v) is 15.5. The predicted molar refractivity (Wildman–Crippen MR) is 97.8 cm³/mol. The smallest absolute Gasteiger partial charge is 0.481 e. The van der Waals surface area contributed by atoms with E-state index < -0.39 is 17.7 Å². The number of hydrogen-bond donors (Lipinski definition) is 1. The van der Waals surface area contributed by atoms with E-state index in [1.165, 1.54) is 12.1 Å². The highest BCUT2D eigenvalue weighted by molar-refractivity contribution is 5.84. The van der Waals surface area contributed by atoms with E-state index in [9.17, 15) is 18.0 Å². The molecule has 0 aliphatic carbocycles. The number of aryl methyl sites for hydroxylation is 1. The lowest BCUT2D eigenvalue weighted by Gasteiger charge is -2.22. The number of fused-ring (bicyclic) bond motifs is 1. The van der Waals surface area contributed by atoms with Gasteiger partial charge in [0.05, 0.1) is 11.9 Å². The van der Waals surface area contributed by atoms with Crippen LogP contribution in [0.3, 0.4) is 0 Å². The maximum atomic E-state index is 12.6. The molecule has 0 atom stereocenters. The zero-order chi connectivity index (χ0) is 20.7. The number of carboxylic acid groups (broad SMARTS) is 1. The number of benzene rings is 1. The van der Waals surface area contributed by atoms with E-state index in [1.54, 1.807) is 42.7 Å². The minimum absolute atomic E-state index is 0.0988. The summed E-state index contributed by atoms with van der Waals surface area (Å²) in [6.45, 7) is 5.38. The average molecular weight is 392 g/mol. The van der Waals surface area contributed by atoms with Crippen molar-refractivity contribution in [3.8, 4) is 11.6 Å². The SMILES string of the molecule is Cc1cc2ccc(OC(F)(F)F)cc2n1-c1cccc(C(C)(C)CC(=O)O)n1. The fourth-order valence-electron chi connectivity index (χ4n) is 3.21. The number of carboxylic acids is 1.